The summed E-state index contributed by atoms with van der Waals surface area (Å²) >= 11 is 0. The lowest BCUT2D eigenvalue weighted by Gasteiger charge is -2.06. The van der Waals surface area contributed by atoms with Crippen molar-refractivity contribution in [1.29, 1.82) is 0 Å². The Kier molecular flexibility index (Phi) is 5.00. The second-order valence-electron chi connectivity index (χ2n) is 7.54. The number of aromatic nitrogens is 2. The van der Waals surface area contributed by atoms with Gasteiger partial charge in [0, 0.05) is 17.2 Å². The van der Waals surface area contributed by atoms with Crippen LogP contribution in [0.5, 0.6) is 0 Å². The molecule has 0 bridgehead atoms. The van der Waals surface area contributed by atoms with Gasteiger partial charge in [-0.3, -0.25) is 0 Å². The maximum absolute atomic E-state index is 12.1. The molecule has 0 spiro atoms. The van der Waals surface area contributed by atoms with Crippen LogP contribution in [-0.2, 0) is 4.74 Å². The molecule has 0 aliphatic rings. The summed E-state index contributed by atoms with van der Waals surface area (Å²) in [5.74, 6) is 0.267. The van der Waals surface area contributed by atoms with Crippen LogP contribution in [0.25, 0.3) is 44.9 Å². The van der Waals surface area contributed by atoms with Crippen molar-refractivity contribution >= 4 is 17.2 Å². The van der Waals surface area contributed by atoms with Crippen LogP contribution >= 0.6 is 0 Å². The lowest BCUT2D eigenvalue weighted by molar-refractivity contribution is 0.0601. The van der Waals surface area contributed by atoms with E-state index in [4.69, 9.17) is 9.15 Å². The van der Waals surface area contributed by atoms with E-state index in [9.17, 15) is 4.79 Å². The first-order chi connectivity index (χ1) is 15.6. The van der Waals surface area contributed by atoms with Crippen molar-refractivity contribution in [3.8, 4) is 33.7 Å². The minimum Gasteiger partial charge on any atom is -0.465 e. The van der Waals surface area contributed by atoms with Gasteiger partial charge in [-0.2, -0.15) is 0 Å². The molecule has 156 valence electrons. The quantitative estimate of drug-likeness (QED) is 0.318. The Labute approximate surface area is 185 Å². The minimum absolute atomic E-state index is 0.415. The third-order valence-electron chi connectivity index (χ3n) is 5.35. The van der Waals surface area contributed by atoms with Gasteiger partial charge in [0.1, 0.15) is 11.3 Å². The molecule has 0 saturated carbocycles. The molecule has 5 rings (SSSR count). The highest BCUT2D eigenvalue weighted by Crippen LogP contribution is 2.31. The summed E-state index contributed by atoms with van der Waals surface area (Å²) in [6, 6.07) is 25.6. The van der Waals surface area contributed by atoms with Gasteiger partial charge < -0.3 is 9.15 Å². The molecule has 2 heterocycles. The van der Waals surface area contributed by atoms with Crippen molar-refractivity contribution in [2.24, 2.45) is 0 Å². The molecule has 5 heteroatoms. The number of hydrogen-bond acceptors (Lipinski definition) is 5. The second-order valence-corrected chi connectivity index (χ2v) is 7.54. The summed E-state index contributed by atoms with van der Waals surface area (Å²) in [4.78, 5) is 21.3. The van der Waals surface area contributed by atoms with Crippen molar-refractivity contribution < 1.29 is 13.9 Å². The molecule has 5 nitrogen and oxygen atoms in total. The maximum atomic E-state index is 12.1. The van der Waals surface area contributed by atoms with Crippen LogP contribution in [0.3, 0.4) is 0 Å². The number of ether oxygens (including phenoxy) is 1. The Morgan fingerprint density at radius 3 is 2.44 bits per heavy atom. The number of benzene rings is 3. The summed E-state index contributed by atoms with van der Waals surface area (Å²) in [7, 11) is 1.36. The molecule has 0 saturated heterocycles. The fourth-order valence-corrected chi connectivity index (χ4v) is 3.76. The minimum atomic E-state index is -0.421. The van der Waals surface area contributed by atoms with Crippen LogP contribution < -0.4 is 0 Å². The van der Waals surface area contributed by atoms with Crippen molar-refractivity contribution in [2.75, 3.05) is 7.11 Å². The third-order valence-corrected chi connectivity index (χ3v) is 5.35. The highest BCUT2D eigenvalue weighted by molar-refractivity contribution is 5.97. The van der Waals surface area contributed by atoms with E-state index in [-0.39, 0.29) is 0 Å². The van der Waals surface area contributed by atoms with Gasteiger partial charge in [0.2, 0.25) is 5.71 Å². The number of furan rings is 1. The fraction of sp³-hybridized carbons (Fsp3) is 0.0741. The molecule has 32 heavy (non-hydrogen) atoms. The number of esters is 1. The number of rotatable bonds is 4. The third kappa shape index (κ3) is 3.65. The molecule has 0 fully saturated rings. The monoisotopic (exact) mass is 420 g/mol. The Balaban J connectivity index is 1.55. The Morgan fingerprint density at radius 2 is 1.62 bits per heavy atom. The number of carbonyl (C=O) groups is 1. The molecule has 0 atom stereocenters. The van der Waals surface area contributed by atoms with Crippen LogP contribution in [-0.4, -0.2) is 23.0 Å². The van der Waals surface area contributed by atoms with E-state index in [0.29, 0.717) is 33.8 Å². The van der Waals surface area contributed by atoms with Crippen LogP contribution in [0.4, 0.5) is 0 Å². The highest BCUT2D eigenvalue weighted by atomic mass is 16.5. The average Bonchev–Trinajstić information content (AvgIpc) is 3.27. The van der Waals surface area contributed by atoms with Crippen LogP contribution in [0.2, 0.25) is 0 Å². The van der Waals surface area contributed by atoms with Crippen molar-refractivity contribution in [3.63, 3.8) is 0 Å². The van der Waals surface area contributed by atoms with Gasteiger partial charge >= 0.3 is 5.97 Å². The smallest absolute Gasteiger partial charge is 0.338 e. The van der Waals surface area contributed by atoms with Crippen LogP contribution in [0, 0.1) is 6.92 Å². The summed E-state index contributed by atoms with van der Waals surface area (Å²) in [6.07, 6.45) is 1.65. The van der Waals surface area contributed by atoms with E-state index >= 15 is 0 Å². The second kappa shape index (κ2) is 8.12. The summed E-state index contributed by atoms with van der Waals surface area (Å²) in [5, 5.41) is 0. The van der Waals surface area contributed by atoms with Gasteiger partial charge in [0.15, 0.2) is 0 Å². The average molecular weight is 420 g/mol. The summed E-state index contributed by atoms with van der Waals surface area (Å²) in [5.41, 5.74) is 7.12. The molecule has 2 aromatic heterocycles. The Morgan fingerprint density at radius 1 is 0.875 bits per heavy atom. The standard InChI is InChI=1S/C27H20N2O3/c1-17-7-5-8-18(13-17)19-9-6-10-20(14-19)25-15-23-26(32-25)29-24(16-28-23)21-11-3-4-12-22(21)27(30)31-2/h3-16H,1-2H3. The molecule has 0 unspecified atom stereocenters. The Hall–Kier alpha value is -4.25. The molecule has 5 aromatic rings. The van der Waals surface area contributed by atoms with Crippen molar-refractivity contribution in [2.45, 2.75) is 6.92 Å². The topological polar surface area (TPSA) is 65.2 Å². The molecule has 0 N–H and O–H groups in total. The van der Waals surface area contributed by atoms with E-state index in [0.717, 1.165) is 16.7 Å². The predicted molar refractivity (Wildman–Crippen MR) is 124 cm³/mol. The molecule has 0 aliphatic heterocycles. The number of aryl methyl sites for hydroxylation is 1. The van der Waals surface area contributed by atoms with Gasteiger partial charge in [0.05, 0.1) is 24.6 Å². The van der Waals surface area contributed by atoms with Gasteiger partial charge in [0.25, 0.3) is 0 Å². The van der Waals surface area contributed by atoms with Gasteiger partial charge in [-0.1, -0.05) is 66.2 Å². The van der Waals surface area contributed by atoms with Crippen LogP contribution in [0.15, 0.2) is 89.5 Å². The van der Waals surface area contributed by atoms with Crippen molar-refractivity contribution in [3.05, 3.63) is 96.2 Å². The van der Waals surface area contributed by atoms with Gasteiger partial charge in [-0.25, -0.2) is 14.8 Å². The number of methoxy groups -OCH3 is 1. The SMILES string of the molecule is COC(=O)c1ccccc1-c1cnc2cc(-c3cccc(-c4cccc(C)c4)c3)oc2n1. The van der Waals surface area contributed by atoms with E-state index in [2.05, 4.69) is 53.3 Å². The zero-order chi connectivity index (χ0) is 22.1. The lowest BCUT2D eigenvalue weighted by atomic mass is 10.0. The van der Waals surface area contributed by atoms with E-state index < -0.39 is 5.97 Å². The van der Waals surface area contributed by atoms with E-state index in [1.165, 1.54) is 12.7 Å². The van der Waals surface area contributed by atoms with Gasteiger partial charge in [-0.15, -0.1) is 0 Å². The first-order valence-electron chi connectivity index (χ1n) is 10.2. The molecule has 3 aromatic carbocycles. The molecule has 0 radical (unpaired) electrons. The highest BCUT2D eigenvalue weighted by Gasteiger charge is 2.16. The van der Waals surface area contributed by atoms with Crippen LogP contribution in [0.1, 0.15) is 15.9 Å². The normalized spacial score (nSPS) is 10.9. The maximum Gasteiger partial charge on any atom is 0.338 e. The first kappa shape index (κ1) is 19.7. The molecule has 0 amide bonds. The number of carbonyl (C=O) groups excluding carboxylic acids is 1. The van der Waals surface area contributed by atoms with Gasteiger partial charge in [-0.05, 0) is 30.2 Å². The Bertz CT molecular complexity index is 1450. The molecule has 0 aliphatic carbocycles. The summed E-state index contributed by atoms with van der Waals surface area (Å²) in [6.45, 7) is 2.08. The zero-order valence-electron chi connectivity index (χ0n) is 17.7. The number of nitrogens with zero attached hydrogens (tertiary/aromatic N) is 2. The number of fused-ring (bicyclic) bond motifs is 1. The van der Waals surface area contributed by atoms with E-state index in [1.54, 1.807) is 18.3 Å². The zero-order valence-corrected chi connectivity index (χ0v) is 17.7. The molecular weight excluding hydrogens is 400 g/mol. The lowest BCUT2D eigenvalue weighted by Crippen LogP contribution is -2.04. The van der Waals surface area contributed by atoms with Crippen molar-refractivity contribution in [1.82, 2.24) is 9.97 Å². The first-order valence-corrected chi connectivity index (χ1v) is 10.2. The summed E-state index contributed by atoms with van der Waals surface area (Å²) < 4.78 is 11.0. The largest absolute Gasteiger partial charge is 0.465 e. The molecular formula is C27H20N2O3. The number of hydrogen-bond donors (Lipinski definition) is 0. The fourth-order valence-electron chi connectivity index (χ4n) is 3.76. The van der Waals surface area contributed by atoms with E-state index in [1.807, 2.05) is 30.3 Å². The predicted octanol–water partition coefficient (Wildman–Crippen LogP) is 6.32.